The third-order valence-electron chi connectivity index (χ3n) is 3.50. The van der Waals surface area contributed by atoms with Gasteiger partial charge in [-0.2, -0.15) is 5.10 Å². The lowest BCUT2D eigenvalue weighted by Gasteiger charge is -2.02. The molecule has 0 bridgehead atoms. The highest BCUT2D eigenvalue weighted by molar-refractivity contribution is 6.07. The lowest BCUT2D eigenvalue weighted by atomic mass is 10.1. The van der Waals surface area contributed by atoms with E-state index in [0.29, 0.717) is 5.76 Å². The van der Waals surface area contributed by atoms with Crippen LogP contribution in [-0.4, -0.2) is 26.8 Å². The van der Waals surface area contributed by atoms with Gasteiger partial charge in [-0.25, -0.2) is 0 Å². The van der Waals surface area contributed by atoms with Gasteiger partial charge in [-0.15, -0.1) is 0 Å². The molecule has 122 valence electrons. The summed E-state index contributed by atoms with van der Waals surface area (Å²) >= 11 is 0. The van der Waals surface area contributed by atoms with Crippen LogP contribution in [0.3, 0.4) is 0 Å². The quantitative estimate of drug-likeness (QED) is 0.758. The van der Waals surface area contributed by atoms with Crippen molar-refractivity contribution < 1.29 is 14.1 Å². The van der Waals surface area contributed by atoms with Crippen LogP contribution >= 0.6 is 0 Å². The molecular formula is C16H15N5O3. The molecule has 0 aliphatic heterocycles. The molecule has 0 atom stereocenters. The zero-order valence-corrected chi connectivity index (χ0v) is 13.1. The first-order chi connectivity index (χ1) is 11.5. The van der Waals surface area contributed by atoms with E-state index in [1.54, 1.807) is 7.05 Å². The summed E-state index contributed by atoms with van der Waals surface area (Å²) in [4.78, 5) is 23.7. The first-order valence-electron chi connectivity index (χ1n) is 7.12. The zero-order chi connectivity index (χ0) is 17.3. The molecule has 3 aromatic rings. The molecule has 0 radical (unpaired) electrons. The van der Waals surface area contributed by atoms with E-state index in [-0.39, 0.29) is 17.1 Å². The van der Waals surface area contributed by atoms with Gasteiger partial charge in [0.25, 0.3) is 11.8 Å². The predicted octanol–water partition coefficient (Wildman–Crippen LogP) is 1.73. The largest absolute Gasteiger partial charge is 0.364 e. The molecule has 0 saturated carbocycles. The standard InChI is InChI=1S/C16H15N5O3/c1-9-3-5-10(6-4-9)13-7-11(20-24-13)16(23)19-12-8-18-21(2)14(12)15(17)22/h3-8H,1-2H3,(H2,17,22)(H,19,23). The van der Waals surface area contributed by atoms with Gasteiger partial charge in [-0.05, 0) is 6.92 Å². The minimum atomic E-state index is -0.689. The Morgan fingerprint density at radius 2 is 1.96 bits per heavy atom. The minimum Gasteiger partial charge on any atom is -0.364 e. The topological polar surface area (TPSA) is 116 Å². The predicted molar refractivity (Wildman–Crippen MR) is 86.4 cm³/mol. The summed E-state index contributed by atoms with van der Waals surface area (Å²) in [5.74, 6) is -0.736. The molecule has 0 aliphatic rings. The van der Waals surface area contributed by atoms with Gasteiger partial charge in [0.2, 0.25) is 0 Å². The summed E-state index contributed by atoms with van der Waals surface area (Å²) in [5, 5.41) is 10.2. The number of aromatic nitrogens is 3. The molecule has 0 spiro atoms. The van der Waals surface area contributed by atoms with Gasteiger partial charge in [-0.1, -0.05) is 35.0 Å². The van der Waals surface area contributed by atoms with Crippen LogP contribution in [0.25, 0.3) is 11.3 Å². The van der Waals surface area contributed by atoms with Crippen molar-refractivity contribution >= 4 is 17.5 Å². The fourth-order valence-electron chi connectivity index (χ4n) is 2.24. The van der Waals surface area contributed by atoms with E-state index < -0.39 is 11.8 Å². The number of anilines is 1. The van der Waals surface area contributed by atoms with Crippen LogP contribution in [0.4, 0.5) is 5.69 Å². The van der Waals surface area contributed by atoms with Crippen LogP contribution in [0.5, 0.6) is 0 Å². The summed E-state index contributed by atoms with van der Waals surface area (Å²) in [6.07, 6.45) is 1.35. The van der Waals surface area contributed by atoms with Gasteiger partial charge in [0.1, 0.15) is 5.69 Å². The number of aryl methyl sites for hydroxylation is 2. The Balaban J connectivity index is 1.82. The SMILES string of the molecule is Cc1ccc(-c2cc(C(=O)Nc3cnn(C)c3C(N)=O)no2)cc1. The van der Waals surface area contributed by atoms with Crippen molar-refractivity contribution in [3.63, 3.8) is 0 Å². The molecule has 8 nitrogen and oxygen atoms in total. The Bertz CT molecular complexity index is 908. The van der Waals surface area contributed by atoms with Gasteiger partial charge < -0.3 is 15.6 Å². The van der Waals surface area contributed by atoms with Crippen LogP contribution in [0.1, 0.15) is 26.5 Å². The highest BCUT2D eigenvalue weighted by Crippen LogP contribution is 2.21. The number of carbonyl (C=O) groups excluding carboxylic acids is 2. The fraction of sp³-hybridized carbons (Fsp3) is 0.125. The third-order valence-corrected chi connectivity index (χ3v) is 3.50. The third kappa shape index (κ3) is 2.89. The van der Waals surface area contributed by atoms with Crippen molar-refractivity contribution in [2.75, 3.05) is 5.32 Å². The maximum Gasteiger partial charge on any atom is 0.277 e. The van der Waals surface area contributed by atoms with E-state index in [2.05, 4.69) is 15.6 Å². The monoisotopic (exact) mass is 325 g/mol. The summed E-state index contributed by atoms with van der Waals surface area (Å²) in [6, 6.07) is 9.16. The van der Waals surface area contributed by atoms with Crippen molar-refractivity contribution in [1.29, 1.82) is 0 Å². The maximum atomic E-state index is 12.3. The first-order valence-corrected chi connectivity index (χ1v) is 7.12. The normalized spacial score (nSPS) is 10.6. The van der Waals surface area contributed by atoms with Crippen LogP contribution in [0.2, 0.25) is 0 Å². The molecule has 3 N–H and O–H groups in total. The number of carbonyl (C=O) groups is 2. The Hall–Kier alpha value is -3.42. The number of benzene rings is 1. The van der Waals surface area contributed by atoms with Crippen LogP contribution in [-0.2, 0) is 7.05 Å². The highest BCUT2D eigenvalue weighted by Gasteiger charge is 2.19. The van der Waals surface area contributed by atoms with E-state index in [1.165, 1.54) is 16.9 Å². The van der Waals surface area contributed by atoms with Gasteiger partial charge in [0.05, 0.1) is 11.9 Å². The summed E-state index contributed by atoms with van der Waals surface area (Å²) in [7, 11) is 1.56. The van der Waals surface area contributed by atoms with Crippen molar-refractivity contribution in [2.45, 2.75) is 6.92 Å². The average Bonchev–Trinajstić information content (AvgIpc) is 3.15. The van der Waals surface area contributed by atoms with Crippen molar-refractivity contribution in [3.05, 3.63) is 53.5 Å². The highest BCUT2D eigenvalue weighted by atomic mass is 16.5. The molecule has 1 aromatic carbocycles. The molecule has 8 heteroatoms. The van der Waals surface area contributed by atoms with Crippen LogP contribution < -0.4 is 11.1 Å². The second-order valence-electron chi connectivity index (χ2n) is 5.29. The number of hydrogen-bond acceptors (Lipinski definition) is 5. The van der Waals surface area contributed by atoms with E-state index >= 15 is 0 Å². The molecule has 0 saturated heterocycles. The molecule has 24 heavy (non-hydrogen) atoms. The molecule has 2 aromatic heterocycles. The Morgan fingerprint density at radius 3 is 2.62 bits per heavy atom. The number of nitrogens with one attached hydrogen (secondary N) is 1. The summed E-state index contributed by atoms with van der Waals surface area (Å²) in [6.45, 7) is 1.98. The average molecular weight is 325 g/mol. The van der Waals surface area contributed by atoms with Gasteiger partial charge in [0, 0.05) is 18.7 Å². The second kappa shape index (κ2) is 5.99. The second-order valence-corrected chi connectivity index (χ2v) is 5.29. The number of nitrogens with zero attached hydrogens (tertiary/aromatic N) is 3. The molecule has 2 heterocycles. The lowest BCUT2D eigenvalue weighted by molar-refractivity contribution is 0.0992. The first kappa shape index (κ1) is 15.5. The van der Waals surface area contributed by atoms with Crippen LogP contribution in [0, 0.1) is 6.92 Å². The maximum absolute atomic E-state index is 12.3. The number of primary amides is 1. The van der Waals surface area contributed by atoms with Gasteiger partial charge in [0.15, 0.2) is 11.5 Å². The molecule has 0 fully saturated rings. The molecule has 0 aliphatic carbocycles. The summed E-state index contributed by atoms with van der Waals surface area (Å²) in [5.41, 5.74) is 7.62. The number of rotatable bonds is 4. The van der Waals surface area contributed by atoms with Gasteiger partial charge in [-0.3, -0.25) is 14.3 Å². The van der Waals surface area contributed by atoms with Gasteiger partial charge >= 0.3 is 0 Å². The number of amides is 2. The van der Waals surface area contributed by atoms with E-state index in [9.17, 15) is 9.59 Å². The number of nitrogens with two attached hydrogens (primary N) is 1. The van der Waals surface area contributed by atoms with E-state index in [1.807, 2.05) is 31.2 Å². The Morgan fingerprint density at radius 1 is 1.25 bits per heavy atom. The lowest BCUT2D eigenvalue weighted by Crippen LogP contribution is -2.20. The molecule has 2 amide bonds. The Labute approximate surface area is 137 Å². The van der Waals surface area contributed by atoms with Crippen molar-refractivity contribution in [2.24, 2.45) is 12.8 Å². The van der Waals surface area contributed by atoms with E-state index in [4.69, 9.17) is 10.3 Å². The molecule has 0 unspecified atom stereocenters. The fourth-order valence-corrected chi connectivity index (χ4v) is 2.24. The molecular weight excluding hydrogens is 310 g/mol. The Kier molecular flexibility index (Phi) is 3.87. The van der Waals surface area contributed by atoms with Crippen molar-refractivity contribution in [3.8, 4) is 11.3 Å². The molecule has 3 rings (SSSR count). The van der Waals surface area contributed by atoms with Crippen molar-refractivity contribution in [1.82, 2.24) is 14.9 Å². The summed E-state index contributed by atoms with van der Waals surface area (Å²) < 4.78 is 6.50. The number of hydrogen-bond donors (Lipinski definition) is 2. The van der Waals surface area contributed by atoms with Crippen LogP contribution in [0.15, 0.2) is 41.1 Å². The zero-order valence-electron chi connectivity index (χ0n) is 13.1. The minimum absolute atomic E-state index is 0.0878. The smallest absolute Gasteiger partial charge is 0.277 e. The van der Waals surface area contributed by atoms with E-state index in [0.717, 1.165) is 11.1 Å².